The molecule has 0 saturated carbocycles. The zero-order chi connectivity index (χ0) is 22.9. The molecule has 1 aromatic carbocycles. The fourth-order valence-electron chi connectivity index (χ4n) is 2.87. The summed E-state index contributed by atoms with van der Waals surface area (Å²) < 4.78 is 34.7. The van der Waals surface area contributed by atoms with E-state index in [2.05, 4.69) is 14.7 Å². The minimum Gasteiger partial charge on any atom is -0.424 e. The molecule has 0 radical (unpaired) electrons. The molecule has 0 unspecified atom stereocenters. The highest BCUT2D eigenvalue weighted by molar-refractivity contribution is 7.93. The lowest BCUT2D eigenvalue weighted by Gasteiger charge is -2.14. The van der Waals surface area contributed by atoms with Crippen molar-refractivity contribution in [3.63, 3.8) is 0 Å². The molecule has 2 aromatic heterocycles. The molecule has 3 rings (SSSR count). The van der Waals surface area contributed by atoms with Gasteiger partial charge in [0.25, 0.3) is 5.56 Å². The highest BCUT2D eigenvalue weighted by Gasteiger charge is 2.19. The average molecular weight is 443 g/mol. The van der Waals surface area contributed by atoms with Crippen LogP contribution < -0.4 is 15.0 Å². The summed E-state index contributed by atoms with van der Waals surface area (Å²) in [6, 6.07) is 8.98. The molecule has 0 bridgehead atoms. The van der Waals surface area contributed by atoms with Crippen LogP contribution in [0.3, 0.4) is 0 Å². The average Bonchev–Trinajstić information content (AvgIpc) is 2.68. The van der Waals surface area contributed by atoms with Crippen LogP contribution in [0.15, 0.2) is 41.3 Å². The second-order valence-electron chi connectivity index (χ2n) is 7.82. The van der Waals surface area contributed by atoms with Crippen LogP contribution in [0.25, 0.3) is 11.3 Å². The predicted molar refractivity (Wildman–Crippen MR) is 121 cm³/mol. The van der Waals surface area contributed by atoms with Gasteiger partial charge < -0.3 is 9.30 Å². The van der Waals surface area contributed by atoms with Gasteiger partial charge in [0.15, 0.2) is 0 Å². The number of aryl methyl sites for hydroxylation is 4. The Kier molecular flexibility index (Phi) is 6.17. The second kappa shape index (κ2) is 8.50. The van der Waals surface area contributed by atoms with Crippen LogP contribution in [0, 0.1) is 20.8 Å². The van der Waals surface area contributed by atoms with E-state index in [0.29, 0.717) is 22.6 Å². The van der Waals surface area contributed by atoms with Gasteiger partial charge in [-0.05, 0) is 57.9 Å². The summed E-state index contributed by atoms with van der Waals surface area (Å²) in [5.41, 5.74) is 3.38. The molecule has 3 aromatic rings. The number of sulfonamides is 1. The van der Waals surface area contributed by atoms with Crippen LogP contribution in [-0.2, 0) is 17.1 Å². The third-order valence-corrected chi connectivity index (χ3v) is 6.51. The Labute approximate surface area is 182 Å². The standard InChI is InChI=1S/C22H26N4O4S/c1-13(2)31(28,29)25-20-11-18(17-10-16(5)21(27)26(6)12-17)23-22(24-20)30-19-9-14(3)7-8-15(19)4/h7-13H,1-6H3,(H,23,24,25). The molecule has 1 N–H and O–H groups in total. The quantitative estimate of drug-likeness (QED) is 0.624. The maximum Gasteiger partial charge on any atom is 0.324 e. The lowest BCUT2D eigenvalue weighted by Crippen LogP contribution is -2.23. The van der Waals surface area contributed by atoms with E-state index in [9.17, 15) is 13.2 Å². The number of ether oxygens (including phenoxy) is 1. The number of hydrogen-bond acceptors (Lipinski definition) is 6. The summed E-state index contributed by atoms with van der Waals surface area (Å²) in [6.45, 7) is 8.71. The maximum atomic E-state index is 12.4. The number of nitrogens with zero attached hydrogens (tertiary/aromatic N) is 3. The van der Waals surface area contributed by atoms with Crippen LogP contribution in [0.1, 0.15) is 30.5 Å². The zero-order valence-electron chi connectivity index (χ0n) is 18.4. The summed E-state index contributed by atoms with van der Waals surface area (Å²) in [6.07, 6.45) is 1.64. The van der Waals surface area contributed by atoms with Crippen LogP contribution in [0.5, 0.6) is 11.8 Å². The molecule has 0 saturated heterocycles. The van der Waals surface area contributed by atoms with Gasteiger partial charge in [-0.25, -0.2) is 8.42 Å². The molecule has 164 valence electrons. The fourth-order valence-corrected chi connectivity index (χ4v) is 3.50. The van der Waals surface area contributed by atoms with Gasteiger partial charge in [0.05, 0.1) is 10.9 Å². The second-order valence-corrected chi connectivity index (χ2v) is 10.1. The van der Waals surface area contributed by atoms with E-state index in [-0.39, 0.29) is 17.4 Å². The monoisotopic (exact) mass is 442 g/mol. The largest absolute Gasteiger partial charge is 0.424 e. The topological polar surface area (TPSA) is 103 Å². The minimum atomic E-state index is -3.63. The van der Waals surface area contributed by atoms with Crippen LogP contribution in [0.2, 0.25) is 0 Å². The Balaban J connectivity index is 2.14. The van der Waals surface area contributed by atoms with Crippen LogP contribution in [-0.4, -0.2) is 28.2 Å². The molecule has 0 spiro atoms. The summed E-state index contributed by atoms with van der Waals surface area (Å²) in [7, 11) is -1.98. The van der Waals surface area contributed by atoms with Gasteiger partial charge in [-0.2, -0.15) is 9.97 Å². The number of pyridine rings is 1. The van der Waals surface area contributed by atoms with Crippen molar-refractivity contribution in [1.29, 1.82) is 0 Å². The lowest BCUT2D eigenvalue weighted by molar-refractivity contribution is 0.440. The summed E-state index contributed by atoms with van der Waals surface area (Å²) in [5, 5.41) is -0.644. The van der Waals surface area contributed by atoms with Crippen molar-refractivity contribution in [3.05, 3.63) is 63.6 Å². The van der Waals surface area contributed by atoms with Gasteiger partial charge in [-0.3, -0.25) is 9.52 Å². The molecule has 2 heterocycles. The van der Waals surface area contributed by atoms with E-state index >= 15 is 0 Å². The summed E-state index contributed by atoms with van der Waals surface area (Å²) in [5.74, 6) is 0.664. The van der Waals surface area contributed by atoms with Gasteiger partial charge in [0.1, 0.15) is 11.6 Å². The number of rotatable bonds is 6. The Morgan fingerprint density at radius 3 is 2.39 bits per heavy atom. The number of hydrogen-bond donors (Lipinski definition) is 1. The smallest absolute Gasteiger partial charge is 0.324 e. The lowest BCUT2D eigenvalue weighted by atomic mass is 10.1. The van der Waals surface area contributed by atoms with E-state index in [1.54, 1.807) is 40.1 Å². The van der Waals surface area contributed by atoms with Crippen molar-refractivity contribution in [3.8, 4) is 23.0 Å². The molecule has 0 amide bonds. The van der Waals surface area contributed by atoms with Crippen molar-refractivity contribution in [2.45, 2.75) is 39.9 Å². The molecule has 0 aliphatic rings. The number of aromatic nitrogens is 3. The van der Waals surface area contributed by atoms with Crippen molar-refractivity contribution in [2.75, 3.05) is 4.72 Å². The first-order valence-electron chi connectivity index (χ1n) is 9.80. The Bertz CT molecular complexity index is 1270. The van der Waals surface area contributed by atoms with Gasteiger partial charge >= 0.3 is 6.01 Å². The van der Waals surface area contributed by atoms with Crippen molar-refractivity contribution < 1.29 is 13.2 Å². The van der Waals surface area contributed by atoms with Gasteiger partial charge in [-0.15, -0.1) is 0 Å². The van der Waals surface area contributed by atoms with Gasteiger partial charge in [-0.1, -0.05) is 12.1 Å². The first-order chi connectivity index (χ1) is 14.5. The van der Waals surface area contributed by atoms with E-state index in [1.807, 2.05) is 32.0 Å². The van der Waals surface area contributed by atoms with E-state index < -0.39 is 15.3 Å². The number of benzene rings is 1. The van der Waals surface area contributed by atoms with Crippen molar-refractivity contribution in [2.24, 2.45) is 7.05 Å². The van der Waals surface area contributed by atoms with Gasteiger partial charge in [0, 0.05) is 30.4 Å². The van der Waals surface area contributed by atoms with Crippen LogP contribution in [0.4, 0.5) is 5.82 Å². The number of anilines is 1. The van der Waals surface area contributed by atoms with Crippen molar-refractivity contribution in [1.82, 2.24) is 14.5 Å². The predicted octanol–water partition coefficient (Wildman–Crippen LogP) is 3.71. The Hall–Kier alpha value is -3.20. The molecule has 0 aliphatic heterocycles. The Morgan fingerprint density at radius 1 is 1.03 bits per heavy atom. The Morgan fingerprint density at radius 2 is 1.74 bits per heavy atom. The fraction of sp³-hybridized carbons (Fsp3) is 0.318. The van der Waals surface area contributed by atoms with Crippen LogP contribution >= 0.6 is 0 Å². The molecule has 9 heteroatoms. The van der Waals surface area contributed by atoms with E-state index in [4.69, 9.17) is 4.74 Å². The van der Waals surface area contributed by atoms with Gasteiger partial charge in [0.2, 0.25) is 10.0 Å². The third-order valence-electron chi connectivity index (χ3n) is 4.78. The maximum absolute atomic E-state index is 12.4. The minimum absolute atomic E-state index is 0.000776. The first-order valence-corrected chi connectivity index (χ1v) is 11.3. The SMILES string of the molecule is Cc1ccc(C)c(Oc2nc(NS(=O)(=O)C(C)C)cc(-c3cc(C)c(=O)n(C)c3)n2)c1. The summed E-state index contributed by atoms with van der Waals surface area (Å²) in [4.78, 5) is 20.8. The molecule has 0 fully saturated rings. The van der Waals surface area contributed by atoms with E-state index in [1.165, 1.54) is 10.6 Å². The first kappa shape index (κ1) is 22.5. The molecule has 0 aliphatic carbocycles. The normalized spacial score (nSPS) is 11.6. The highest BCUT2D eigenvalue weighted by Crippen LogP contribution is 2.28. The molecule has 31 heavy (non-hydrogen) atoms. The van der Waals surface area contributed by atoms with E-state index in [0.717, 1.165) is 11.1 Å². The molecule has 0 atom stereocenters. The zero-order valence-corrected chi connectivity index (χ0v) is 19.2. The van der Waals surface area contributed by atoms with Crippen molar-refractivity contribution >= 4 is 15.8 Å². The molecular formula is C22H26N4O4S. The highest BCUT2D eigenvalue weighted by atomic mass is 32.2. The number of nitrogens with one attached hydrogen (secondary N) is 1. The summed E-state index contributed by atoms with van der Waals surface area (Å²) >= 11 is 0. The molecular weight excluding hydrogens is 416 g/mol. The molecule has 8 nitrogen and oxygen atoms in total. The third kappa shape index (κ3) is 5.11.